The molecule has 4 saturated carbocycles. The van der Waals surface area contributed by atoms with Gasteiger partial charge in [0.15, 0.2) is 0 Å². The molecule has 5 aliphatic rings. The lowest BCUT2D eigenvalue weighted by Crippen LogP contribution is -2.66. The van der Waals surface area contributed by atoms with Crippen LogP contribution in [0.4, 0.5) is 0 Å². The molecule has 0 radical (unpaired) electrons. The summed E-state index contributed by atoms with van der Waals surface area (Å²) in [6.45, 7) is 14.0. The van der Waals surface area contributed by atoms with E-state index in [1.54, 1.807) is 0 Å². The van der Waals surface area contributed by atoms with Gasteiger partial charge in [-0.15, -0.1) is 0 Å². The first kappa shape index (κ1) is 25.0. The Hall–Kier alpha value is -0.710. The highest BCUT2D eigenvalue weighted by atomic mass is 16.3. The molecule has 0 aliphatic heterocycles. The molecule has 4 fully saturated rings. The molecule has 0 heterocycles. The Morgan fingerprint density at radius 1 is 0.912 bits per heavy atom. The first-order valence-corrected chi connectivity index (χ1v) is 13.9. The fourth-order valence-electron chi connectivity index (χ4n) is 10.5. The largest absolute Gasteiger partial charge is 0.396 e. The Morgan fingerprint density at radius 2 is 1.62 bits per heavy atom. The molecule has 10 atom stereocenters. The molecule has 0 bridgehead atoms. The van der Waals surface area contributed by atoms with E-state index in [1.165, 1.54) is 5.57 Å². The summed E-state index contributed by atoms with van der Waals surface area (Å²) in [6, 6.07) is 0. The predicted octanol–water partition coefficient (Wildman–Crippen LogP) is 5.29. The molecule has 0 saturated heterocycles. The summed E-state index contributed by atoms with van der Waals surface area (Å²) in [5, 5.41) is 31.5. The van der Waals surface area contributed by atoms with Crippen molar-refractivity contribution in [2.45, 2.75) is 105 Å². The molecule has 3 N–H and O–H groups in total. The quantitative estimate of drug-likeness (QED) is 0.477. The number of fused-ring (bicyclic) bond motifs is 7. The molecule has 0 aromatic carbocycles. The van der Waals surface area contributed by atoms with E-state index in [1.807, 2.05) is 0 Å². The van der Waals surface area contributed by atoms with Crippen LogP contribution in [0.5, 0.6) is 0 Å². The second-order valence-electron chi connectivity index (χ2n) is 14.8. The Bertz CT molecular complexity index is 911. The number of allylic oxidation sites excluding steroid dienone is 2. The third-order valence-corrected chi connectivity index (χ3v) is 13.2. The molecule has 4 nitrogen and oxygen atoms in total. The topological polar surface area (TPSA) is 77.8 Å². The summed E-state index contributed by atoms with van der Waals surface area (Å²) in [5.41, 5.74) is 0.752. The van der Waals surface area contributed by atoms with Crippen LogP contribution in [-0.2, 0) is 4.79 Å². The lowest BCUT2D eigenvalue weighted by atomic mass is 9.33. The molecule has 5 rings (SSSR count). The molecule has 0 spiro atoms. The van der Waals surface area contributed by atoms with Gasteiger partial charge in [0.1, 0.15) is 5.78 Å². The van der Waals surface area contributed by atoms with Crippen molar-refractivity contribution in [2.24, 2.45) is 50.2 Å². The van der Waals surface area contributed by atoms with Crippen molar-refractivity contribution in [1.29, 1.82) is 0 Å². The van der Waals surface area contributed by atoms with Gasteiger partial charge in [-0.25, -0.2) is 0 Å². The maximum atomic E-state index is 13.5. The molecule has 4 heteroatoms. The normalized spacial score (nSPS) is 57.1. The average molecular weight is 473 g/mol. The highest BCUT2D eigenvalue weighted by molar-refractivity contribution is 5.87. The number of ketones is 1. The third kappa shape index (κ3) is 2.85. The van der Waals surface area contributed by atoms with Crippen LogP contribution in [0.15, 0.2) is 11.6 Å². The Labute approximate surface area is 206 Å². The molecular formula is C30H48O4. The number of hydrogen-bond donors (Lipinski definition) is 3. The number of aliphatic hydroxyl groups is 3. The van der Waals surface area contributed by atoms with Gasteiger partial charge in [0, 0.05) is 23.9 Å². The van der Waals surface area contributed by atoms with Crippen molar-refractivity contribution in [1.82, 2.24) is 0 Å². The zero-order chi connectivity index (χ0) is 24.9. The fraction of sp³-hybridized carbons (Fsp3) is 0.900. The van der Waals surface area contributed by atoms with Gasteiger partial charge in [0.25, 0.3) is 0 Å². The number of carbonyl (C=O) groups is 1. The summed E-state index contributed by atoms with van der Waals surface area (Å²) in [5.74, 6) is 1.42. The van der Waals surface area contributed by atoms with Gasteiger partial charge >= 0.3 is 0 Å². The van der Waals surface area contributed by atoms with Crippen LogP contribution in [-0.4, -0.2) is 40.4 Å². The number of rotatable bonds is 2. The van der Waals surface area contributed by atoms with Gasteiger partial charge in [-0.1, -0.05) is 53.2 Å². The van der Waals surface area contributed by atoms with E-state index in [2.05, 4.69) is 47.6 Å². The van der Waals surface area contributed by atoms with Crippen LogP contribution in [0, 0.1) is 50.2 Å². The summed E-state index contributed by atoms with van der Waals surface area (Å²) in [4.78, 5) is 13.5. The first-order chi connectivity index (χ1) is 15.7. The lowest BCUT2D eigenvalue weighted by Gasteiger charge is -2.71. The van der Waals surface area contributed by atoms with Gasteiger partial charge in [0.05, 0.1) is 12.7 Å². The van der Waals surface area contributed by atoms with Gasteiger partial charge in [-0.3, -0.25) is 4.79 Å². The van der Waals surface area contributed by atoms with Crippen molar-refractivity contribution in [3.8, 4) is 0 Å². The monoisotopic (exact) mass is 472 g/mol. The van der Waals surface area contributed by atoms with Crippen LogP contribution < -0.4 is 0 Å². The van der Waals surface area contributed by atoms with Crippen molar-refractivity contribution < 1.29 is 20.1 Å². The third-order valence-electron chi connectivity index (χ3n) is 13.2. The minimum Gasteiger partial charge on any atom is -0.396 e. The van der Waals surface area contributed by atoms with Crippen LogP contribution >= 0.6 is 0 Å². The van der Waals surface area contributed by atoms with E-state index in [0.717, 1.165) is 51.4 Å². The number of carbonyl (C=O) groups excluding carboxylic acids is 1. The standard InChI is InChI=1S/C30H48O4/c1-25(17-31)15-20-19-7-8-22-27(3)11-10-23(33)28(4,18-32)21(27)9-12-30(22,6)29(19,5)14-13-26(20,2)24(34)16-25/h7,20-23,31-33H,8-18H2,1-6H3/t20-,21+,22+,23-,25+,26+,27-,28+,29+,30+/m0/s1. The molecule has 0 unspecified atom stereocenters. The second-order valence-corrected chi connectivity index (χ2v) is 14.8. The summed E-state index contributed by atoms with van der Waals surface area (Å²) in [6.07, 6.45) is 10.5. The Balaban J connectivity index is 1.58. The minimum absolute atomic E-state index is 0.0493. The average Bonchev–Trinajstić information content (AvgIpc) is 2.79. The maximum Gasteiger partial charge on any atom is 0.139 e. The summed E-state index contributed by atoms with van der Waals surface area (Å²) >= 11 is 0. The highest BCUT2D eigenvalue weighted by Gasteiger charge is 2.69. The molecule has 192 valence electrons. The zero-order valence-corrected chi connectivity index (χ0v) is 22.4. The van der Waals surface area contributed by atoms with Gasteiger partial charge < -0.3 is 15.3 Å². The Morgan fingerprint density at radius 3 is 2.26 bits per heavy atom. The van der Waals surface area contributed by atoms with Crippen LogP contribution in [0.25, 0.3) is 0 Å². The van der Waals surface area contributed by atoms with Gasteiger partial charge in [-0.05, 0) is 90.8 Å². The van der Waals surface area contributed by atoms with Crippen molar-refractivity contribution >= 4 is 5.78 Å². The molecule has 0 aromatic heterocycles. The SMILES string of the molecule is C[C@]1(CO)CC(=O)[C@]2(C)CC[C@]3(C)C(=CC[C@@H]4[C@@]5(C)CC[C@H](O)[C@](C)(CO)[C@@H]5CC[C@]43C)[C@@H]2C1. The number of Topliss-reactive ketones (excluding diaryl/α,β-unsaturated/α-hetero) is 1. The van der Waals surface area contributed by atoms with Crippen LogP contribution in [0.2, 0.25) is 0 Å². The molecular weight excluding hydrogens is 424 g/mol. The van der Waals surface area contributed by atoms with Crippen LogP contribution in [0.3, 0.4) is 0 Å². The van der Waals surface area contributed by atoms with Crippen molar-refractivity contribution in [3.05, 3.63) is 11.6 Å². The summed E-state index contributed by atoms with van der Waals surface area (Å²) < 4.78 is 0. The maximum absolute atomic E-state index is 13.5. The predicted molar refractivity (Wildman–Crippen MR) is 134 cm³/mol. The van der Waals surface area contributed by atoms with Gasteiger partial charge in [-0.2, -0.15) is 0 Å². The molecule has 0 amide bonds. The second kappa shape index (κ2) is 7.42. The van der Waals surface area contributed by atoms with E-state index in [-0.39, 0.29) is 46.2 Å². The first-order valence-electron chi connectivity index (χ1n) is 13.9. The smallest absolute Gasteiger partial charge is 0.139 e. The van der Waals surface area contributed by atoms with E-state index >= 15 is 0 Å². The lowest BCUT2D eigenvalue weighted by molar-refractivity contribution is -0.215. The molecule has 34 heavy (non-hydrogen) atoms. The van der Waals surface area contributed by atoms with Crippen molar-refractivity contribution in [3.63, 3.8) is 0 Å². The van der Waals surface area contributed by atoms with E-state index in [9.17, 15) is 20.1 Å². The number of hydrogen-bond acceptors (Lipinski definition) is 4. The number of aliphatic hydroxyl groups excluding tert-OH is 3. The van der Waals surface area contributed by atoms with E-state index < -0.39 is 11.5 Å². The molecule has 0 aromatic rings. The van der Waals surface area contributed by atoms with E-state index in [0.29, 0.717) is 24.0 Å². The highest BCUT2D eigenvalue weighted by Crippen LogP contribution is 2.75. The van der Waals surface area contributed by atoms with Crippen LogP contribution in [0.1, 0.15) is 99.3 Å². The summed E-state index contributed by atoms with van der Waals surface area (Å²) in [7, 11) is 0. The van der Waals surface area contributed by atoms with E-state index in [4.69, 9.17) is 0 Å². The fourth-order valence-corrected chi connectivity index (χ4v) is 10.5. The molecule has 5 aliphatic carbocycles. The van der Waals surface area contributed by atoms with Gasteiger partial charge in [0.2, 0.25) is 0 Å². The van der Waals surface area contributed by atoms with Crippen molar-refractivity contribution in [2.75, 3.05) is 13.2 Å². The Kier molecular flexibility index (Phi) is 5.44. The zero-order valence-electron chi connectivity index (χ0n) is 22.4. The minimum atomic E-state index is -0.427.